The monoisotopic (exact) mass is 269 g/mol. The number of fused-ring (bicyclic) bond motifs is 1. The van der Waals surface area contributed by atoms with Gasteiger partial charge in [-0.3, -0.25) is 4.79 Å². The van der Waals surface area contributed by atoms with Crippen LogP contribution >= 0.6 is 0 Å². The van der Waals surface area contributed by atoms with E-state index in [1.54, 1.807) is 18.2 Å². The van der Waals surface area contributed by atoms with Crippen LogP contribution in [0.1, 0.15) is 30.9 Å². The number of aromatic amines is 1. The van der Waals surface area contributed by atoms with Gasteiger partial charge >= 0.3 is 6.18 Å². The molecule has 1 N–H and O–H groups in total. The van der Waals surface area contributed by atoms with Gasteiger partial charge in [0.15, 0.2) is 5.43 Å². The Morgan fingerprint density at radius 3 is 2.53 bits per heavy atom. The standard InChI is InChI=1S/C14H14F3NO/c1-8(2)9-3-4-11-12(5-9)18-7-10(13(11)19)6-14(15,16)17/h3-5,7-8H,6H2,1-2H3,(H,18,19). The third-order valence-corrected chi connectivity index (χ3v) is 3.04. The van der Waals surface area contributed by atoms with E-state index in [9.17, 15) is 18.0 Å². The molecule has 0 saturated heterocycles. The van der Waals surface area contributed by atoms with E-state index in [1.807, 2.05) is 13.8 Å². The molecule has 1 aromatic heterocycles. The first-order valence-electron chi connectivity index (χ1n) is 5.99. The molecule has 19 heavy (non-hydrogen) atoms. The first-order valence-corrected chi connectivity index (χ1v) is 5.99. The topological polar surface area (TPSA) is 32.9 Å². The summed E-state index contributed by atoms with van der Waals surface area (Å²) in [6.45, 7) is 4.02. The lowest BCUT2D eigenvalue weighted by atomic mass is 10.0. The van der Waals surface area contributed by atoms with Crippen LogP contribution in [0.3, 0.4) is 0 Å². The van der Waals surface area contributed by atoms with Crippen molar-refractivity contribution in [3.8, 4) is 0 Å². The summed E-state index contributed by atoms with van der Waals surface area (Å²) in [5, 5.41) is 0.297. The Morgan fingerprint density at radius 1 is 1.26 bits per heavy atom. The molecule has 0 unspecified atom stereocenters. The molecule has 0 atom stereocenters. The fraction of sp³-hybridized carbons (Fsp3) is 0.357. The maximum absolute atomic E-state index is 12.3. The summed E-state index contributed by atoms with van der Waals surface area (Å²) >= 11 is 0. The number of halogens is 3. The molecule has 0 aliphatic carbocycles. The van der Waals surface area contributed by atoms with Crippen molar-refractivity contribution in [1.82, 2.24) is 4.98 Å². The highest BCUT2D eigenvalue weighted by molar-refractivity contribution is 5.79. The molecule has 0 aliphatic rings. The molecule has 0 radical (unpaired) electrons. The van der Waals surface area contributed by atoms with E-state index < -0.39 is 18.0 Å². The van der Waals surface area contributed by atoms with Gasteiger partial charge in [0.2, 0.25) is 0 Å². The smallest absolute Gasteiger partial charge is 0.361 e. The average molecular weight is 269 g/mol. The van der Waals surface area contributed by atoms with Gasteiger partial charge in [0.1, 0.15) is 0 Å². The molecule has 2 rings (SSSR count). The van der Waals surface area contributed by atoms with Crippen LogP contribution in [0.5, 0.6) is 0 Å². The van der Waals surface area contributed by atoms with Crippen molar-refractivity contribution in [1.29, 1.82) is 0 Å². The van der Waals surface area contributed by atoms with Crippen molar-refractivity contribution >= 4 is 10.9 Å². The van der Waals surface area contributed by atoms with Crippen LogP contribution in [0.2, 0.25) is 0 Å². The Labute approximate surface area is 108 Å². The van der Waals surface area contributed by atoms with Crippen molar-refractivity contribution in [2.45, 2.75) is 32.4 Å². The number of pyridine rings is 1. The third kappa shape index (κ3) is 2.97. The van der Waals surface area contributed by atoms with Crippen LogP contribution in [0.25, 0.3) is 10.9 Å². The van der Waals surface area contributed by atoms with E-state index in [-0.39, 0.29) is 5.56 Å². The highest BCUT2D eigenvalue weighted by Crippen LogP contribution is 2.22. The van der Waals surface area contributed by atoms with Gasteiger partial charge in [-0.2, -0.15) is 13.2 Å². The SMILES string of the molecule is CC(C)c1ccc2c(=O)c(CC(F)(F)F)c[nH]c2c1. The predicted molar refractivity (Wildman–Crippen MR) is 68.4 cm³/mol. The number of rotatable bonds is 2. The minimum absolute atomic E-state index is 0.253. The minimum Gasteiger partial charge on any atom is -0.361 e. The maximum Gasteiger partial charge on any atom is 0.393 e. The molecule has 0 fully saturated rings. The summed E-state index contributed by atoms with van der Waals surface area (Å²) in [7, 11) is 0. The molecule has 0 spiro atoms. The van der Waals surface area contributed by atoms with Crippen molar-refractivity contribution < 1.29 is 13.2 Å². The Morgan fingerprint density at radius 2 is 1.95 bits per heavy atom. The summed E-state index contributed by atoms with van der Waals surface area (Å²) in [6, 6.07) is 5.17. The maximum atomic E-state index is 12.3. The average Bonchev–Trinajstić information content (AvgIpc) is 2.31. The number of hydrogen-bond donors (Lipinski definition) is 1. The summed E-state index contributed by atoms with van der Waals surface area (Å²) in [5.74, 6) is 0.294. The van der Waals surface area contributed by atoms with Gasteiger partial charge in [0, 0.05) is 22.7 Å². The Hall–Kier alpha value is -1.78. The zero-order chi connectivity index (χ0) is 14.2. The molecular formula is C14H14F3NO. The second kappa shape index (κ2) is 4.72. The van der Waals surface area contributed by atoms with E-state index in [0.717, 1.165) is 11.8 Å². The second-order valence-corrected chi connectivity index (χ2v) is 4.89. The highest BCUT2D eigenvalue weighted by Gasteiger charge is 2.29. The largest absolute Gasteiger partial charge is 0.393 e. The number of alkyl halides is 3. The van der Waals surface area contributed by atoms with Crippen LogP contribution in [0.4, 0.5) is 13.2 Å². The fourth-order valence-corrected chi connectivity index (χ4v) is 1.99. The van der Waals surface area contributed by atoms with E-state index in [2.05, 4.69) is 4.98 Å². The summed E-state index contributed by atoms with van der Waals surface area (Å²) < 4.78 is 37.0. The van der Waals surface area contributed by atoms with Gasteiger partial charge in [0.05, 0.1) is 6.42 Å². The molecule has 0 bridgehead atoms. The predicted octanol–water partition coefficient (Wildman–Crippen LogP) is 3.76. The van der Waals surface area contributed by atoms with E-state index in [4.69, 9.17) is 0 Å². The van der Waals surface area contributed by atoms with Crippen LogP contribution in [-0.4, -0.2) is 11.2 Å². The zero-order valence-corrected chi connectivity index (χ0v) is 10.6. The van der Waals surface area contributed by atoms with Crippen molar-refractivity contribution in [3.63, 3.8) is 0 Å². The number of hydrogen-bond acceptors (Lipinski definition) is 1. The number of nitrogens with one attached hydrogen (secondary N) is 1. The molecule has 5 heteroatoms. The van der Waals surface area contributed by atoms with Crippen LogP contribution in [0.15, 0.2) is 29.2 Å². The molecule has 0 amide bonds. The van der Waals surface area contributed by atoms with E-state index in [0.29, 0.717) is 16.8 Å². The first kappa shape index (κ1) is 13.6. The molecule has 102 valence electrons. The molecule has 0 aliphatic heterocycles. The summed E-state index contributed by atoms with van der Waals surface area (Å²) in [6.07, 6.45) is -4.43. The summed E-state index contributed by atoms with van der Waals surface area (Å²) in [4.78, 5) is 14.7. The highest BCUT2D eigenvalue weighted by atomic mass is 19.4. The van der Waals surface area contributed by atoms with E-state index in [1.165, 1.54) is 0 Å². The van der Waals surface area contributed by atoms with Crippen LogP contribution in [0, 0.1) is 0 Å². The van der Waals surface area contributed by atoms with Gasteiger partial charge in [-0.05, 0) is 23.6 Å². The fourth-order valence-electron chi connectivity index (χ4n) is 1.99. The minimum atomic E-state index is -4.38. The third-order valence-electron chi connectivity index (χ3n) is 3.04. The van der Waals surface area contributed by atoms with Gasteiger partial charge < -0.3 is 4.98 Å². The molecular weight excluding hydrogens is 255 g/mol. The molecule has 2 aromatic rings. The first-order chi connectivity index (χ1) is 8.78. The lowest BCUT2D eigenvalue weighted by molar-refractivity contribution is -0.127. The van der Waals surface area contributed by atoms with E-state index >= 15 is 0 Å². The second-order valence-electron chi connectivity index (χ2n) is 4.89. The lowest BCUT2D eigenvalue weighted by Gasteiger charge is -2.09. The number of H-pyrrole nitrogens is 1. The normalized spacial score (nSPS) is 12.3. The molecule has 2 nitrogen and oxygen atoms in total. The van der Waals surface area contributed by atoms with Crippen LogP contribution in [-0.2, 0) is 6.42 Å². The number of benzene rings is 1. The summed E-state index contributed by atoms with van der Waals surface area (Å²) in [5.41, 5.74) is 0.799. The Balaban J connectivity index is 2.54. The van der Waals surface area contributed by atoms with Crippen molar-refractivity contribution in [2.24, 2.45) is 0 Å². The molecule has 1 heterocycles. The van der Waals surface area contributed by atoms with Crippen LogP contribution < -0.4 is 5.43 Å². The molecule has 1 aromatic carbocycles. The lowest BCUT2D eigenvalue weighted by Crippen LogP contribution is -2.19. The zero-order valence-electron chi connectivity index (χ0n) is 10.6. The molecule has 0 saturated carbocycles. The Bertz CT molecular complexity index is 656. The number of aromatic nitrogens is 1. The van der Waals surface area contributed by atoms with Gasteiger partial charge in [-0.25, -0.2) is 0 Å². The van der Waals surface area contributed by atoms with Gasteiger partial charge in [-0.15, -0.1) is 0 Å². The van der Waals surface area contributed by atoms with Crippen molar-refractivity contribution in [3.05, 3.63) is 45.7 Å². The van der Waals surface area contributed by atoms with Gasteiger partial charge in [0.25, 0.3) is 0 Å². The van der Waals surface area contributed by atoms with Gasteiger partial charge in [-0.1, -0.05) is 19.9 Å². The quantitative estimate of drug-likeness (QED) is 0.884. The van der Waals surface area contributed by atoms with Crippen molar-refractivity contribution in [2.75, 3.05) is 0 Å². The Kier molecular flexibility index (Phi) is 3.39.